The number of furan rings is 1. The molecule has 0 aliphatic rings. The maximum absolute atomic E-state index is 12.2. The molecule has 24 heavy (non-hydrogen) atoms. The lowest BCUT2D eigenvalue weighted by molar-refractivity contribution is 0.0909. The monoisotopic (exact) mass is 327 g/mol. The molecule has 0 aliphatic heterocycles. The highest BCUT2D eigenvalue weighted by Crippen LogP contribution is 2.21. The van der Waals surface area contributed by atoms with Crippen molar-refractivity contribution >= 4 is 16.9 Å². The Morgan fingerprint density at radius 1 is 1.33 bits per heavy atom. The van der Waals surface area contributed by atoms with Crippen LogP contribution in [0.4, 0.5) is 0 Å². The van der Waals surface area contributed by atoms with Gasteiger partial charge in [0.2, 0.25) is 0 Å². The van der Waals surface area contributed by atoms with E-state index in [1.807, 2.05) is 38.1 Å². The molecule has 1 N–H and O–H groups in total. The van der Waals surface area contributed by atoms with Crippen molar-refractivity contribution < 1.29 is 13.9 Å². The molecule has 0 saturated heterocycles. The van der Waals surface area contributed by atoms with Crippen molar-refractivity contribution in [3.63, 3.8) is 0 Å². The van der Waals surface area contributed by atoms with Gasteiger partial charge in [0.05, 0.1) is 29.9 Å². The van der Waals surface area contributed by atoms with Crippen LogP contribution in [-0.4, -0.2) is 28.7 Å². The number of imidazole rings is 1. The summed E-state index contributed by atoms with van der Waals surface area (Å²) in [6, 6.07) is 11.0. The Labute approximate surface area is 140 Å². The number of amides is 1. The van der Waals surface area contributed by atoms with Gasteiger partial charge in [0.1, 0.15) is 5.82 Å². The summed E-state index contributed by atoms with van der Waals surface area (Å²) in [7, 11) is 0. The van der Waals surface area contributed by atoms with Crippen LogP contribution in [0.2, 0.25) is 0 Å². The molecular formula is C18H21N3O3. The number of rotatable bonds is 7. The van der Waals surface area contributed by atoms with E-state index in [0.717, 1.165) is 16.9 Å². The van der Waals surface area contributed by atoms with E-state index < -0.39 is 0 Å². The van der Waals surface area contributed by atoms with Gasteiger partial charge < -0.3 is 19.0 Å². The second-order valence-electron chi connectivity index (χ2n) is 5.48. The maximum Gasteiger partial charge on any atom is 0.287 e. The molecule has 0 radical (unpaired) electrons. The summed E-state index contributed by atoms with van der Waals surface area (Å²) < 4.78 is 12.7. The first-order valence-electron chi connectivity index (χ1n) is 8.08. The van der Waals surface area contributed by atoms with Gasteiger partial charge in [-0.05, 0) is 38.1 Å². The number of hydrogen-bond acceptors (Lipinski definition) is 4. The van der Waals surface area contributed by atoms with Gasteiger partial charge in [-0.25, -0.2) is 4.98 Å². The molecule has 2 heterocycles. The van der Waals surface area contributed by atoms with Crippen LogP contribution in [0.5, 0.6) is 0 Å². The molecule has 1 aromatic carbocycles. The molecule has 0 saturated carbocycles. The number of carbonyl (C=O) groups excluding carboxylic acids is 1. The second kappa shape index (κ2) is 7.31. The van der Waals surface area contributed by atoms with Crippen molar-refractivity contribution in [1.82, 2.24) is 14.9 Å². The molecule has 0 aliphatic carbocycles. The minimum atomic E-state index is -0.254. The van der Waals surface area contributed by atoms with Gasteiger partial charge in [0.25, 0.3) is 5.91 Å². The van der Waals surface area contributed by atoms with Gasteiger partial charge in [0.15, 0.2) is 5.76 Å². The zero-order valence-corrected chi connectivity index (χ0v) is 13.9. The zero-order valence-electron chi connectivity index (χ0n) is 13.9. The highest BCUT2D eigenvalue weighted by Gasteiger charge is 2.19. The van der Waals surface area contributed by atoms with Gasteiger partial charge in [-0.1, -0.05) is 12.1 Å². The zero-order chi connectivity index (χ0) is 16.9. The number of ether oxygens (including phenoxy) is 1. The second-order valence-corrected chi connectivity index (χ2v) is 5.48. The van der Waals surface area contributed by atoms with Crippen molar-refractivity contribution in [3.8, 4) is 0 Å². The molecule has 6 heteroatoms. The molecule has 2 aromatic heterocycles. The van der Waals surface area contributed by atoms with E-state index >= 15 is 0 Å². The van der Waals surface area contributed by atoms with Crippen LogP contribution in [0.3, 0.4) is 0 Å². The number of aromatic nitrogens is 2. The Hall–Kier alpha value is -2.60. The predicted octanol–water partition coefficient (Wildman–Crippen LogP) is 3.16. The molecule has 126 valence electrons. The number of hydrogen-bond donors (Lipinski definition) is 1. The minimum absolute atomic E-state index is 0.253. The smallest absolute Gasteiger partial charge is 0.287 e. The third kappa shape index (κ3) is 3.33. The number of fused-ring (bicyclic) bond motifs is 1. The van der Waals surface area contributed by atoms with Crippen LogP contribution in [0, 0.1) is 0 Å². The van der Waals surface area contributed by atoms with E-state index in [1.54, 1.807) is 12.1 Å². The van der Waals surface area contributed by atoms with Gasteiger partial charge in [-0.2, -0.15) is 0 Å². The topological polar surface area (TPSA) is 69.3 Å². The van der Waals surface area contributed by atoms with Crippen LogP contribution in [0.25, 0.3) is 11.0 Å². The number of nitrogens with zero attached hydrogens (tertiary/aromatic N) is 2. The van der Waals surface area contributed by atoms with E-state index in [-0.39, 0.29) is 11.9 Å². The van der Waals surface area contributed by atoms with Crippen LogP contribution < -0.4 is 5.32 Å². The first kappa shape index (κ1) is 16.3. The molecule has 0 fully saturated rings. The largest absolute Gasteiger partial charge is 0.459 e. The van der Waals surface area contributed by atoms with Gasteiger partial charge in [0, 0.05) is 13.2 Å². The van der Waals surface area contributed by atoms with Crippen LogP contribution in [-0.2, 0) is 11.3 Å². The third-order valence-electron chi connectivity index (χ3n) is 3.83. The lowest BCUT2D eigenvalue weighted by Crippen LogP contribution is -2.28. The van der Waals surface area contributed by atoms with Gasteiger partial charge >= 0.3 is 0 Å². The highest BCUT2D eigenvalue weighted by molar-refractivity contribution is 5.91. The molecule has 1 atom stereocenters. The Balaban J connectivity index is 1.86. The quantitative estimate of drug-likeness (QED) is 0.677. The van der Waals surface area contributed by atoms with Crippen molar-refractivity contribution in [2.24, 2.45) is 0 Å². The first-order valence-corrected chi connectivity index (χ1v) is 8.08. The number of nitrogens with one attached hydrogen (secondary N) is 1. The van der Waals surface area contributed by atoms with Gasteiger partial charge in [-0.15, -0.1) is 0 Å². The molecule has 0 bridgehead atoms. The van der Waals surface area contributed by atoms with Crippen molar-refractivity contribution in [2.45, 2.75) is 26.4 Å². The van der Waals surface area contributed by atoms with E-state index in [2.05, 4.69) is 14.9 Å². The van der Waals surface area contributed by atoms with E-state index in [0.29, 0.717) is 25.5 Å². The number of para-hydroxylation sites is 2. The summed E-state index contributed by atoms with van der Waals surface area (Å²) in [4.78, 5) is 16.9. The van der Waals surface area contributed by atoms with E-state index in [4.69, 9.17) is 9.15 Å². The minimum Gasteiger partial charge on any atom is -0.459 e. The van der Waals surface area contributed by atoms with Crippen molar-refractivity contribution in [1.29, 1.82) is 0 Å². The molecule has 1 amide bonds. The number of carbonyl (C=O) groups is 1. The Bertz CT molecular complexity index is 808. The average Bonchev–Trinajstić information content (AvgIpc) is 3.23. The molecule has 0 unspecified atom stereocenters. The van der Waals surface area contributed by atoms with Crippen LogP contribution in [0.15, 0.2) is 47.1 Å². The molecule has 0 spiro atoms. The summed E-state index contributed by atoms with van der Waals surface area (Å²) >= 11 is 0. The fourth-order valence-electron chi connectivity index (χ4n) is 2.70. The standard InChI is InChI=1S/C18H21N3O3/c1-3-23-12-10-21-15-8-5-4-7-14(15)20-17(21)13(2)19-18(22)16-9-6-11-24-16/h4-9,11,13H,3,10,12H2,1-2H3,(H,19,22)/t13-/m0/s1. The van der Waals surface area contributed by atoms with E-state index in [1.165, 1.54) is 6.26 Å². The fourth-order valence-corrected chi connectivity index (χ4v) is 2.70. The average molecular weight is 327 g/mol. The van der Waals surface area contributed by atoms with Gasteiger partial charge in [-0.3, -0.25) is 4.79 Å². The fraction of sp³-hybridized carbons (Fsp3) is 0.333. The molecule has 6 nitrogen and oxygen atoms in total. The highest BCUT2D eigenvalue weighted by atomic mass is 16.5. The van der Waals surface area contributed by atoms with Crippen LogP contribution >= 0.6 is 0 Å². The van der Waals surface area contributed by atoms with Crippen LogP contribution in [0.1, 0.15) is 36.3 Å². The number of benzene rings is 1. The van der Waals surface area contributed by atoms with Crippen molar-refractivity contribution in [3.05, 3.63) is 54.2 Å². The predicted molar refractivity (Wildman–Crippen MR) is 90.8 cm³/mol. The lowest BCUT2D eigenvalue weighted by atomic mass is 10.3. The first-order chi connectivity index (χ1) is 11.7. The summed E-state index contributed by atoms with van der Waals surface area (Å²) in [6.07, 6.45) is 1.48. The summed E-state index contributed by atoms with van der Waals surface area (Å²) in [5, 5.41) is 2.93. The van der Waals surface area contributed by atoms with Crippen molar-refractivity contribution in [2.75, 3.05) is 13.2 Å². The molecule has 3 aromatic rings. The summed E-state index contributed by atoms with van der Waals surface area (Å²) in [5.74, 6) is 0.838. The Kier molecular flexibility index (Phi) is 4.96. The Morgan fingerprint density at radius 2 is 2.17 bits per heavy atom. The SMILES string of the molecule is CCOCCn1c([C@H](C)NC(=O)c2ccco2)nc2ccccc21. The molecular weight excluding hydrogens is 306 g/mol. The lowest BCUT2D eigenvalue weighted by Gasteiger charge is -2.15. The third-order valence-corrected chi connectivity index (χ3v) is 3.83. The maximum atomic E-state index is 12.2. The summed E-state index contributed by atoms with van der Waals surface area (Å²) in [6.45, 7) is 5.85. The summed E-state index contributed by atoms with van der Waals surface area (Å²) in [5.41, 5.74) is 1.94. The molecule has 3 rings (SSSR count). The normalized spacial score (nSPS) is 12.4. The van der Waals surface area contributed by atoms with E-state index in [9.17, 15) is 4.79 Å². The Morgan fingerprint density at radius 3 is 2.92 bits per heavy atom.